The summed E-state index contributed by atoms with van der Waals surface area (Å²) < 4.78 is 5.41. The maximum atomic E-state index is 12.3. The number of nitrogens with one attached hydrogen (secondary N) is 1. The van der Waals surface area contributed by atoms with E-state index in [2.05, 4.69) is 34.2 Å². The molecule has 0 radical (unpaired) electrons. The Morgan fingerprint density at radius 1 is 1.43 bits per heavy atom. The summed E-state index contributed by atoms with van der Waals surface area (Å²) in [4.78, 5) is 19.1. The van der Waals surface area contributed by atoms with Crippen LogP contribution >= 0.6 is 0 Å². The molecule has 1 aliphatic heterocycles. The van der Waals surface area contributed by atoms with E-state index in [1.807, 2.05) is 0 Å². The number of amides is 1. The molecule has 2 heterocycles. The lowest BCUT2D eigenvalue weighted by molar-refractivity contribution is -0.127. The van der Waals surface area contributed by atoms with Crippen LogP contribution in [0.5, 0.6) is 0 Å². The molecule has 0 spiro atoms. The van der Waals surface area contributed by atoms with E-state index in [9.17, 15) is 4.79 Å². The molecule has 6 heteroatoms. The van der Waals surface area contributed by atoms with E-state index in [0.717, 1.165) is 57.1 Å². The highest BCUT2D eigenvalue weighted by molar-refractivity contribution is 5.79. The maximum Gasteiger partial charge on any atom is 0.243 e. The number of carbonyl (C=O) groups is 1. The van der Waals surface area contributed by atoms with Crippen LogP contribution in [-0.4, -0.2) is 40.6 Å². The van der Waals surface area contributed by atoms with Crippen LogP contribution in [0, 0.1) is 11.8 Å². The predicted octanol–water partition coefficient (Wildman–Crippen LogP) is 2.32. The van der Waals surface area contributed by atoms with Gasteiger partial charge >= 0.3 is 0 Å². The molecule has 6 nitrogen and oxygen atoms in total. The summed E-state index contributed by atoms with van der Waals surface area (Å²) in [6, 6.07) is 0.0761. The molecule has 2 unspecified atom stereocenters. The molecule has 128 valence electrons. The quantitative estimate of drug-likeness (QED) is 0.835. The van der Waals surface area contributed by atoms with Gasteiger partial charge in [-0.05, 0) is 51.5 Å². The number of aryl methyl sites for hydroxylation is 1. The van der Waals surface area contributed by atoms with Gasteiger partial charge in [0.05, 0.1) is 12.0 Å². The SMILES string of the molecule is CCCc1noc(C(C)N2CCCC(C(=O)NCC3CC3)C2)n1. The normalized spacial score (nSPS) is 23.7. The third kappa shape index (κ3) is 4.31. The molecule has 1 aromatic rings. The average molecular weight is 320 g/mol. The fourth-order valence-corrected chi connectivity index (χ4v) is 3.20. The molecular weight excluding hydrogens is 292 g/mol. The van der Waals surface area contributed by atoms with Crippen molar-refractivity contribution in [2.75, 3.05) is 19.6 Å². The lowest BCUT2D eigenvalue weighted by Crippen LogP contribution is -2.44. The average Bonchev–Trinajstić information content (AvgIpc) is 3.29. The number of hydrogen-bond donors (Lipinski definition) is 1. The molecule has 2 atom stereocenters. The topological polar surface area (TPSA) is 71.3 Å². The predicted molar refractivity (Wildman–Crippen MR) is 86.7 cm³/mol. The highest BCUT2D eigenvalue weighted by Gasteiger charge is 2.31. The molecule has 0 aromatic carbocycles. The van der Waals surface area contributed by atoms with Gasteiger partial charge in [-0.25, -0.2) is 0 Å². The smallest absolute Gasteiger partial charge is 0.243 e. The zero-order chi connectivity index (χ0) is 16.2. The minimum atomic E-state index is 0.0761. The van der Waals surface area contributed by atoms with Crippen molar-refractivity contribution in [3.8, 4) is 0 Å². The second-order valence-electron chi connectivity index (χ2n) is 7.00. The van der Waals surface area contributed by atoms with Crippen molar-refractivity contribution in [2.24, 2.45) is 11.8 Å². The Balaban J connectivity index is 1.54. The van der Waals surface area contributed by atoms with E-state index in [0.29, 0.717) is 5.89 Å². The van der Waals surface area contributed by atoms with E-state index in [-0.39, 0.29) is 17.9 Å². The van der Waals surface area contributed by atoms with Gasteiger partial charge in [-0.15, -0.1) is 0 Å². The summed E-state index contributed by atoms with van der Waals surface area (Å²) in [6.07, 6.45) is 6.42. The van der Waals surface area contributed by atoms with Crippen molar-refractivity contribution in [1.82, 2.24) is 20.4 Å². The first-order valence-corrected chi connectivity index (χ1v) is 9.01. The standard InChI is InChI=1S/C17H28N4O2/c1-3-5-15-19-17(23-20-15)12(2)21-9-4-6-14(11-21)16(22)18-10-13-7-8-13/h12-14H,3-11H2,1-2H3,(H,18,22). The highest BCUT2D eigenvalue weighted by Crippen LogP contribution is 2.29. The van der Waals surface area contributed by atoms with E-state index in [1.54, 1.807) is 0 Å². The lowest BCUT2D eigenvalue weighted by atomic mass is 9.96. The van der Waals surface area contributed by atoms with E-state index < -0.39 is 0 Å². The van der Waals surface area contributed by atoms with Crippen LogP contribution in [0.25, 0.3) is 0 Å². The van der Waals surface area contributed by atoms with Crippen LogP contribution in [0.15, 0.2) is 4.52 Å². The summed E-state index contributed by atoms with van der Waals surface area (Å²) in [7, 11) is 0. The summed E-state index contributed by atoms with van der Waals surface area (Å²) in [5.41, 5.74) is 0. The number of carbonyl (C=O) groups excluding carboxylic acids is 1. The Bertz CT molecular complexity index is 526. The Labute approximate surface area is 138 Å². The minimum Gasteiger partial charge on any atom is -0.356 e. The van der Waals surface area contributed by atoms with Crippen molar-refractivity contribution < 1.29 is 9.32 Å². The molecule has 1 aliphatic carbocycles. The van der Waals surface area contributed by atoms with Crippen LogP contribution < -0.4 is 5.32 Å². The van der Waals surface area contributed by atoms with Crippen LogP contribution in [0.2, 0.25) is 0 Å². The van der Waals surface area contributed by atoms with Gasteiger partial charge in [-0.2, -0.15) is 4.98 Å². The molecule has 1 amide bonds. The summed E-state index contributed by atoms with van der Waals surface area (Å²) in [6.45, 7) is 6.82. The van der Waals surface area contributed by atoms with Gasteiger partial charge in [0.15, 0.2) is 5.82 Å². The second-order valence-corrected chi connectivity index (χ2v) is 7.00. The minimum absolute atomic E-state index is 0.0761. The lowest BCUT2D eigenvalue weighted by Gasteiger charge is -2.34. The van der Waals surface area contributed by atoms with Gasteiger partial charge in [-0.1, -0.05) is 12.1 Å². The van der Waals surface area contributed by atoms with Crippen LogP contribution in [-0.2, 0) is 11.2 Å². The number of rotatable bonds is 7. The third-order valence-corrected chi connectivity index (χ3v) is 4.95. The Kier molecular flexibility index (Phi) is 5.30. The van der Waals surface area contributed by atoms with Gasteiger partial charge in [0.2, 0.25) is 11.8 Å². The third-order valence-electron chi connectivity index (χ3n) is 4.95. The summed E-state index contributed by atoms with van der Waals surface area (Å²) in [5.74, 6) is 2.49. The Morgan fingerprint density at radius 3 is 3.00 bits per heavy atom. The van der Waals surface area contributed by atoms with Gasteiger partial charge in [-0.3, -0.25) is 9.69 Å². The second kappa shape index (κ2) is 7.43. The first-order valence-electron chi connectivity index (χ1n) is 9.01. The molecule has 2 aliphatic rings. The van der Waals surface area contributed by atoms with E-state index >= 15 is 0 Å². The van der Waals surface area contributed by atoms with Crippen molar-refractivity contribution in [2.45, 2.75) is 58.4 Å². The van der Waals surface area contributed by atoms with Crippen LogP contribution in [0.4, 0.5) is 0 Å². The number of likely N-dealkylation sites (tertiary alicyclic amines) is 1. The fourth-order valence-electron chi connectivity index (χ4n) is 3.20. The molecular formula is C17H28N4O2. The zero-order valence-electron chi connectivity index (χ0n) is 14.3. The molecule has 23 heavy (non-hydrogen) atoms. The molecule has 1 saturated carbocycles. The van der Waals surface area contributed by atoms with Crippen molar-refractivity contribution >= 4 is 5.91 Å². The summed E-state index contributed by atoms with van der Waals surface area (Å²) in [5, 5.41) is 7.16. The van der Waals surface area contributed by atoms with Crippen molar-refractivity contribution in [3.63, 3.8) is 0 Å². The van der Waals surface area contributed by atoms with Crippen LogP contribution in [0.3, 0.4) is 0 Å². The van der Waals surface area contributed by atoms with Gasteiger partial charge < -0.3 is 9.84 Å². The first kappa shape index (κ1) is 16.4. The van der Waals surface area contributed by atoms with Crippen LogP contribution in [0.1, 0.15) is 63.7 Å². The fraction of sp³-hybridized carbons (Fsp3) is 0.824. The zero-order valence-corrected chi connectivity index (χ0v) is 14.3. The van der Waals surface area contributed by atoms with Gasteiger partial charge in [0.25, 0.3) is 0 Å². The van der Waals surface area contributed by atoms with Crippen molar-refractivity contribution in [3.05, 3.63) is 11.7 Å². The highest BCUT2D eigenvalue weighted by atomic mass is 16.5. The van der Waals surface area contributed by atoms with E-state index in [4.69, 9.17) is 4.52 Å². The Morgan fingerprint density at radius 2 is 2.26 bits per heavy atom. The number of nitrogens with zero attached hydrogens (tertiary/aromatic N) is 3. The van der Waals surface area contributed by atoms with Gasteiger partial charge in [0.1, 0.15) is 0 Å². The molecule has 1 N–H and O–H groups in total. The Hall–Kier alpha value is -1.43. The first-order chi connectivity index (χ1) is 11.2. The molecule has 2 fully saturated rings. The van der Waals surface area contributed by atoms with Crippen molar-refractivity contribution in [1.29, 1.82) is 0 Å². The number of aromatic nitrogens is 2. The molecule has 1 aromatic heterocycles. The molecule has 1 saturated heterocycles. The molecule has 0 bridgehead atoms. The monoisotopic (exact) mass is 320 g/mol. The largest absolute Gasteiger partial charge is 0.356 e. The number of hydrogen-bond acceptors (Lipinski definition) is 5. The van der Waals surface area contributed by atoms with E-state index in [1.165, 1.54) is 12.8 Å². The molecule has 3 rings (SSSR count). The maximum absolute atomic E-state index is 12.3. The number of piperidine rings is 1. The van der Waals surface area contributed by atoms with Gasteiger partial charge in [0, 0.05) is 19.5 Å². The summed E-state index contributed by atoms with van der Waals surface area (Å²) >= 11 is 0.